The number of methoxy groups -OCH3 is 1. The third-order valence-electron chi connectivity index (χ3n) is 3.26. The first-order valence-electron chi connectivity index (χ1n) is 6.70. The molecule has 0 unspecified atom stereocenters. The Morgan fingerprint density at radius 1 is 1.05 bits per heavy atom. The normalized spacial score (nSPS) is 10.1. The van der Waals surface area contributed by atoms with Crippen molar-refractivity contribution in [1.29, 1.82) is 0 Å². The Balaban J connectivity index is 2.10. The zero-order chi connectivity index (χ0) is 16.1. The molecule has 22 heavy (non-hydrogen) atoms. The average Bonchev–Trinajstić information content (AvgIpc) is 2.55. The van der Waals surface area contributed by atoms with Crippen LogP contribution in [0.4, 0.5) is 0 Å². The smallest absolute Gasteiger partial charge is 0.337 e. The molecule has 114 valence electrons. The van der Waals surface area contributed by atoms with Crippen LogP contribution in [0.5, 0.6) is 0 Å². The van der Waals surface area contributed by atoms with Crippen LogP contribution < -0.4 is 0 Å². The third kappa shape index (κ3) is 3.65. The highest BCUT2D eigenvalue weighted by atomic mass is 35.5. The number of esters is 1. The molecule has 0 aliphatic heterocycles. The van der Waals surface area contributed by atoms with Gasteiger partial charge in [-0.2, -0.15) is 0 Å². The zero-order valence-electron chi connectivity index (χ0n) is 12.4. The standard InChI is InChI=1S/C17H16ClNO3/c1-19(11-14-5-3-4-6-15(14)18)16(20)12-7-9-13(10-8-12)17(21)22-2/h3-10H,11H2,1-2H3. The molecule has 0 N–H and O–H groups in total. The summed E-state index contributed by atoms with van der Waals surface area (Å²) in [5.74, 6) is -0.570. The summed E-state index contributed by atoms with van der Waals surface area (Å²) in [4.78, 5) is 25.3. The van der Waals surface area contributed by atoms with E-state index in [1.807, 2.05) is 18.2 Å². The number of carbonyl (C=O) groups is 2. The highest BCUT2D eigenvalue weighted by Crippen LogP contribution is 2.17. The predicted molar refractivity (Wildman–Crippen MR) is 85.0 cm³/mol. The van der Waals surface area contributed by atoms with Crippen molar-refractivity contribution >= 4 is 23.5 Å². The van der Waals surface area contributed by atoms with E-state index in [1.54, 1.807) is 42.3 Å². The Kier molecular flexibility index (Phi) is 5.17. The number of amides is 1. The first-order chi connectivity index (χ1) is 10.5. The Bertz CT molecular complexity index is 683. The molecule has 2 aromatic carbocycles. The highest BCUT2D eigenvalue weighted by molar-refractivity contribution is 6.31. The van der Waals surface area contributed by atoms with Crippen LogP contribution in [0.15, 0.2) is 48.5 Å². The molecule has 0 aromatic heterocycles. The van der Waals surface area contributed by atoms with Gasteiger partial charge in [-0.15, -0.1) is 0 Å². The SMILES string of the molecule is COC(=O)c1ccc(C(=O)N(C)Cc2ccccc2Cl)cc1. The van der Waals surface area contributed by atoms with Gasteiger partial charge < -0.3 is 9.64 Å². The summed E-state index contributed by atoms with van der Waals surface area (Å²) in [6.45, 7) is 0.414. The molecule has 0 atom stereocenters. The summed E-state index contributed by atoms with van der Waals surface area (Å²) in [7, 11) is 3.03. The first kappa shape index (κ1) is 16.0. The van der Waals surface area contributed by atoms with E-state index in [0.29, 0.717) is 22.7 Å². The monoisotopic (exact) mass is 317 g/mol. The van der Waals surface area contributed by atoms with Gasteiger partial charge in [-0.25, -0.2) is 4.79 Å². The molecule has 0 bridgehead atoms. The second kappa shape index (κ2) is 7.09. The quantitative estimate of drug-likeness (QED) is 0.812. The van der Waals surface area contributed by atoms with Crippen molar-refractivity contribution in [2.24, 2.45) is 0 Å². The minimum atomic E-state index is -0.427. The highest BCUT2D eigenvalue weighted by Gasteiger charge is 2.14. The molecule has 2 rings (SSSR count). The van der Waals surface area contributed by atoms with Crippen molar-refractivity contribution in [2.45, 2.75) is 6.54 Å². The van der Waals surface area contributed by atoms with Gasteiger partial charge in [0.1, 0.15) is 0 Å². The molecule has 0 spiro atoms. The van der Waals surface area contributed by atoms with Crippen LogP contribution in [0.1, 0.15) is 26.3 Å². The minimum absolute atomic E-state index is 0.142. The van der Waals surface area contributed by atoms with Crippen LogP contribution >= 0.6 is 11.6 Å². The second-order valence-electron chi connectivity index (χ2n) is 4.82. The van der Waals surface area contributed by atoms with Gasteiger partial charge in [0.2, 0.25) is 0 Å². The van der Waals surface area contributed by atoms with E-state index in [0.717, 1.165) is 5.56 Å². The molecular weight excluding hydrogens is 302 g/mol. The lowest BCUT2D eigenvalue weighted by Gasteiger charge is -2.18. The van der Waals surface area contributed by atoms with E-state index >= 15 is 0 Å². The van der Waals surface area contributed by atoms with Gasteiger partial charge in [-0.05, 0) is 35.9 Å². The maximum Gasteiger partial charge on any atom is 0.337 e. The van der Waals surface area contributed by atoms with Crippen molar-refractivity contribution < 1.29 is 14.3 Å². The van der Waals surface area contributed by atoms with Crippen LogP contribution in [0.25, 0.3) is 0 Å². The van der Waals surface area contributed by atoms with E-state index in [1.165, 1.54) is 7.11 Å². The number of halogens is 1. The third-order valence-corrected chi connectivity index (χ3v) is 3.63. The number of hydrogen-bond acceptors (Lipinski definition) is 3. The number of ether oxygens (including phenoxy) is 1. The zero-order valence-corrected chi connectivity index (χ0v) is 13.1. The van der Waals surface area contributed by atoms with Crippen molar-refractivity contribution in [2.75, 3.05) is 14.2 Å². The maximum atomic E-state index is 12.4. The van der Waals surface area contributed by atoms with Crippen LogP contribution in [0.2, 0.25) is 5.02 Å². The van der Waals surface area contributed by atoms with Crippen molar-refractivity contribution in [3.8, 4) is 0 Å². The summed E-state index contributed by atoms with van der Waals surface area (Å²) < 4.78 is 4.63. The van der Waals surface area contributed by atoms with Gasteiger partial charge in [0.05, 0.1) is 12.7 Å². The van der Waals surface area contributed by atoms with E-state index in [4.69, 9.17) is 11.6 Å². The summed E-state index contributed by atoms with van der Waals surface area (Å²) in [6, 6.07) is 13.8. The molecule has 0 radical (unpaired) electrons. The fraction of sp³-hybridized carbons (Fsp3) is 0.176. The van der Waals surface area contributed by atoms with Gasteiger partial charge >= 0.3 is 5.97 Å². The lowest BCUT2D eigenvalue weighted by molar-refractivity contribution is 0.0600. The molecule has 1 amide bonds. The largest absolute Gasteiger partial charge is 0.465 e. The van der Waals surface area contributed by atoms with Gasteiger partial charge in [0.25, 0.3) is 5.91 Å². The molecule has 0 saturated carbocycles. The van der Waals surface area contributed by atoms with E-state index in [2.05, 4.69) is 4.74 Å². The minimum Gasteiger partial charge on any atom is -0.465 e. The molecule has 0 fully saturated rings. The van der Waals surface area contributed by atoms with Gasteiger partial charge in [-0.1, -0.05) is 29.8 Å². The summed E-state index contributed by atoms with van der Waals surface area (Å²) >= 11 is 6.10. The Hall–Kier alpha value is -2.33. The number of hydrogen-bond donors (Lipinski definition) is 0. The van der Waals surface area contributed by atoms with E-state index in [-0.39, 0.29) is 5.91 Å². The summed E-state index contributed by atoms with van der Waals surface area (Å²) in [5.41, 5.74) is 1.79. The number of nitrogens with zero attached hydrogens (tertiary/aromatic N) is 1. The van der Waals surface area contributed by atoms with Gasteiger partial charge in [0.15, 0.2) is 0 Å². The van der Waals surface area contributed by atoms with Crippen LogP contribution in [0.3, 0.4) is 0 Å². The van der Waals surface area contributed by atoms with Crippen LogP contribution in [-0.2, 0) is 11.3 Å². The predicted octanol–water partition coefficient (Wildman–Crippen LogP) is 3.40. The van der Waals surface area contributed by atoms with E-state index < -0.39 is 5.97 Å². The van der Waals surface area contributed by atoms with Crippen molar-refractivity contribution in [1.82, 2.24) is 4.90 Å². The molecule has 0 saturated heterocycles. The Labute approximate surface area is 134 Å². The molecular formula is C17H16ClNO3. The summed E-state index contributed by atoms with van der Waals surface area (Å²) in [6.07, 6.45) is 0. The van der Waals surface area contributed by atoms with Gasteiger partial charge in [0, 0.05) is 24.2 Å². The fourth-order valence-electron chi connectivity index (χ4n) is 2.04. The fourth-order valence-corrected chi connectivity index (χ4v) is 2.24. The molecule has 4 nitrogen and oxygen atoms in total. The van der Waals surface area contributed by atoms with Gasteiger partial charge in [-0.3, -0.25) is 4.79 Å². The maximum absolute atomic E-state index is 12.4. The number of rotatable bonds is 4. The average molecular weight is 318 g/mol. The van der Waals surface area contributed by atoms with Crippen molar-refractivity contribution in [3.05, 3.63) is 70.2 Å². The number of benzene rings is 2. The summed E-state index contributed by atoms with van der Waals surface area (Å²) in [5, 5.41) is 0.628. The second-order valence-corrected chi connectivity index (χ2v) is 5.23. The molecule has 0 aliphatic rings. The lowest BCUT2D eigenvalue weighted by Crippen LogP contribution is -2.26. The molecule has 0 aliphatic carbocycles. The topological polar surface area (TPSA) is 46.6 Å². The molecule has 0 heterocycles. The van der Waals surface area contributed by atoms with E-state index in [9.17, 15) is 9.59 Å². The molecule has 2 aromatic rings. The van der Waals surface area contributed by atoms with Crippen LogP contribution in [0, 0.1) is 0 Å². The Morgan fingerprint density at radius 3 is 2.23 bits per heavy atom. The lowest BCUT2D eigenvalue weighted by atomic mass is 10.1. The number of carbonyl (C=O) groups excluding carboxylic acids is 2. The molecule has 5 heteroatoms. The van der Waals surface area contributed by atoms with Crippen LogP contribution in [-0.4, -0.2) is 30.9 Å². The first-order valence-corrected chi connectivity index (χ1v) is 7.08. The van der Waals surface area contributed by atoms with Crippen molar-refractivity contribution in [3.63, 3.8) is 0 Å². The Morgan fingerprint density at radius 2 is 1.64 bits per heavy atom.